The lowest BCUT2D eigenvalue weighted by atomic mass is 9.54. The van der Waals surface area contributed by atoms with E-state index < -0.39 is 48.0 Å². The summed E-state index contributed by atoms with van der Waals surface area (Å²) in [5.74, 6) is 0. The first-order valence-electron chi connectivity index (χ1n) is 10.9. The SMILES string of the molecule is OC[C@H](O)[C@H](O)[C@@H](O)C1N2CC3(c4ccccc4)CN1CC(c1ccccc1)(C2)C3O. The maximum Gasteiger partial charge on any atom is 0.111 e. The first kappa shape index (κ1) is 21.0. The Bertz CT molecular complexity index is 835. The highest BCUT2D eigenvalue weighted by Gasteiger charge is 2.67. The van der Waals surface area contributed by atoms with Crippen LogP contribution in [0.1, 0.15) is 11.1 Å². The summed E-state index contributed by atoms with van der Waals surface area (Å²) in [6.07, 6.45) is -5.23. The second kappa shape index (κ2) is 7.64. The van der Waals surface area contributed by atoms with Crippen molar-refractivity contribution in [1.82, 2.24) is 9.80 Å². The maximum atomic E-state index is 11.9. The molecule has 7 heteroatoms. The average Bonchev–Trinajstić information content (AvgIpc) is 2.81. The largest absolute Gasteiger partial charge is 0.394 e. The van der Waals surface area contributed by atoms with E-state index in [1.54, 1.807) is 0 Å². The van der Waals surface area contributed by atoms with Crippen molar-refractivity contribution in [3.05, 3.63) is 71.8 Å². The van der Waals surface area contributed by atoms with Crippen LogP contribution >= 0.6 is 0 Å². The van der Waals surface area contributed by atoms with Crippen molar-refractivity contribution in [2.24, 2.45) is 0 Å². The molecule has 4 bridgehead atoms. The van der Waals surface area contributed by atoms with Gasteiger partial charge in [0.25, 0.3) is 0 Å². The van der Waals surface area contributed by atoms with Crippen LogP contribution in [0.3, 0.4) is 0 Å². The van der Waals surface area contributed by atoms with Gasteiger partial charge in [0, 0.05) is 37.0 Å². The summed E-state index contributed by atoms with van der Waals surface area (Å²) in [6, 6.07) is 20.0. The Morgan fingerprint density at radius 2 is 1.19 bits per heavy atom. The van der Waals surface area contributed by atoms with E-state index in [1.807, 2.05) is 60.7 Å². The average molecular weight is 427 g/mol. The Labute approximate surface area is 181 Å². The third kappa shape index (κ3) is 3.00. The van der Waals surface area contributed by atoms with Crippen LogP contribution in [0.5, 0.6) is 0 Å². The number of hydrogen-bond acceptors (Lipinski definition) is 7. The van der Waals surface area contributed by atoms with Crippen molar-refractivity contribution < 1.29 is 25.5 Å². The molecule has 0 radical (unpaired) electrons. The third-order valence-electron chi connectivity index (χ3n) is 7.67. The summed E-state index contributed by atoms with van der Waals surface area (Å²) < 4.78 is 0. The highest BCUT2D eigenvalue weighted by atomic mass is 16.4. The summed E-state index contributed by atoms with van der Waals surface area (Å²) >= 11 is 0. The van der Waals surface area contributed by atoms with Gasteiger partial charge >= 0.3 is 0 Å². The number of rotatable bonds is 6. The van der Waals surface area contributed by atoms with Crippen LogP contribution in [0.15, 0.2) is 60.7 Å². The third-order valence-corrected chi connectivity index (χ3v) is 7.67. The van der Waals surface area contributed by atoms with Gasteiger partial charge < -0.3 is 25.5 Å². The number of aliphatic hydroxyl groups is 5. The molecule has 4 heterocycles. The van der Waals surface area contributed by atoms with Crippen LogP contribution in [-0.2, 0) is 10.8 Å². The molecule has 0 amide bonds. The van der Waals surface area contributed by atoms with E-state index in [-0.39, 0.29) is 0 Å². The molecular formula is C24H30N2O5. The fourth-order valence-corrected chi connectivity index (χ4v) is 6.31. The second-order valence-corrected chi connectivity index (χ2v) is 9.40. The number of aliphatic hydroxyl groups excluding tert-OH is 5. The van der Waals surface area contributed by atoms with Crippen LogP contribution in [0.2, 0.25) is 0 Å². The van der Waals surface area contributed by atoms with Gasteiger partial charge in [0.2, 0.25) is 0 Å². The van der Waals surface area contributed by atoms with Gasteiger partial charge in [-0.1, -0.05) is 60.7 Å². The molecule has 4 fully saturated rings. The summed E-state index contributed by atoms with van der Waals surface area (Å²) in [5, 5.41) is 52.4. The molecule has 0 aliphatic carbocycles. The molecule has 0 aromatic heterocycles. The molecule has 6 rings (SSSR count). The molecule has 3 atom stereocenters. The smallest absolute Gasteiger partial charge is 0.111 e. The Hall–Kier alpha value is -1.84. The zero-order chi connectivity index (χ0) is 21.8. The minimum atomic E-state index is -1.46. The van der Waals surface area contributed by atoms with E-state index >= 15 is 0 Å². The topological polar surface area (TPSA) is 108 Å². The fourth-order valence-electron chi connectivity index (χ4n) is 6.31. The van der Waals surface area contributed by atoms with E-state index in [0.29, 0.717) is 26.2 Å². The summed E-state index contributed by atoms with van der Waals surface area (Å²) in [4.78, 5) is 4.25. The summed E-state index contributed by atoms with van der Waals surface area (Å²) in [6.45, 7) is 1.52. The number of piperidine rings is 2. The molecule has 4 aliphatic heterocycles. The molecule has 2 aromatic rings. The molecule has 0 spiro atoms. The lowest BCUT2D eigenvalue weighted by Gasteiger charge is -2.70. The molecule has 4 saturated heterocycles. The lowest BCUT2D eigenvalue weighted by molar-refractivity contribution is -0.241. The van der Waals surface area contributed by atoms with Gasteiger partial charge in [0.15, 0.2) is 0 Å². The standard InChI is InChI=1S/C24H30N2O5/c27-11-18(28)19(29)20(30)21-25-12-23(16-7-3-1-4-8-16)13-26(21)15-24(14-25,22(23)31)17-9-5-2-6-10-17/h1-10,18-22,27-31H,11-15H2/t18-,19-,20+,21?,22?,23?,24?/m0/s1. The Kier molecular flexibility index (Phi) is 5.18. The second-order valence-electron chi connectivity index (χ2n) is 9.40. The predicted octanol–water partition coefficient (Wildman–Crippen LogP) is -0.731. The minimum absolute atomic E-state index is 0.502. The van der Waals surface area contributed by atoms with Crippen LogP contribution < -0.4 is 0 Å². The molecule has 7 nitrogen and oxygen atoms in total. The van der Waals surface area contributed by atoms with E-state index in [4.69, 9.17) is 0 Å². The van der Waals surface area contributed by atoms with Gasteiger partial charge in [0.1, 0.15) is 18.3 Å². The zero-order valence-electron chi connectivity index (χ0n) is 17.3. The van der Waals surface area contributed by atoms with Gasteiger partial charge in [-0.3, -0.25) is 9.80 Å². The molecule has 166 valence electrons. The quantitative estimate of drug-likeness (QED) is 0.415. The van der Waals surface area contributed by atoms with Gasteiger partial charge in [-0.05, 0) is 11.1 Å². The zero-order valence-corrected chi connectivity index (χ0v) is 17.3. The highest BCUT2D eigenvalue weighted by molar-refractivity contribution is 5.42. The summed E-state index contributed by atoms with van der Waals surface area (Å²) in [5.41, 5.74) is 1.04. The van der Waals surface area contributed by atoms with Gasteiger partial charge in [0.05, 0.1) is 18.9 Å². The Morgan fingerprint density at radius 3 is 1.58 bits per heavy atom. The van der Waals surface area contributed by atoms with E-state index in [0.717, 1.165) is 11.1 Å². The first-order valence-corrected chi connectivity index (χ1v) is 10.9. The normalized spacial score (nSPS) is 39.3. The Balaban J connectivity index is 1.59. The first-order chi connectivity index (χ1) is 14.9. The van der Waals surface area contributed by atoms with Gasteiger partial charge in [-0.2, -0.15) is 0 Å². The fraction of sp³-hybridized carbons (Fsp3) is 0.500. The van der Waals surface area contributed by atoms with E-state index in [2.05, 4.69) is 9.80 Å². The molecule has 5 N–H and O–H groups in total. The van der Waals surface area contributed by atoms with E-state index in [9.17, 15) is 25.5 Å². The van der Waals surface area contributed by atoms with Crippen molar-refractivity contribution in [1.29, 1.82) is 0 Å². The van der Waals surface area contributed by atoms with Crippen LogP contribution in [0.4, 0.5) is 0 Å². The minimum Gasteiger partial charge on any atom is -0.394 e. The van der Waals surface area contributed by atoms with Crippen molar-refractivity contribution in [3.63, 3.8) is 0 Å². The molecule has 0 saturated carbocycles. The molecular weight excluding hydrogens is 396 g/mol. The van der Waals surface area contributed by atoms with Crippen molar-refractivity contribution in [3.8, 4) is 0 Å². The maximum absolute atomic E-state index is 11.9. The van der Waals surface area contributed by atoms with Crippen molar-refractivity contribution >= 4 is 0 Å². The summed E-state index contributed by atoms with van der Waals surface area (Å²) in [7, 11) is 0. The van der Waals surface area contributed by atoms with E-state index in [1.165, 1.54) is 0 Å². The number of benzene rings is 2. The number of nitrogens with zero attached hydrogens (tertiary/aromatic N) is 2. The van der Waals surface area contributed by atoms with Gasteiger partial charge in [-0.15, -0.1) is 0 Å². The van der Waals surface area contributed by atoms with Crippen LogP contribution in [-0.4, -0.2) is 98.7 Å². The van der Waals surface area contributed by atoms with Crippen LogP contribution in [0, 0.1) is 0 Å². The van der Waals surface area contributed by atoms with Crippen LogP contribution in [0.25, 0.3) is 0 Å². The van der Waals surface area contributed by atoms with Crippen molar-refractivity contribution in [2.45, 2.75) is 41.4 Å². The monoisotopic (exact) mass is 426 g/mol. The lowest BCUT2D eigenvalue weighted by Crippen LogP contribution is -2.85. The molecule has 2 aromatic carbocycles. The molecule has 4 aliphatic rings. The highest BCUT2D eigenvalue weighted by Crippen LogP contribution is 2.53. The Morgan fingerprint density at radius 1 is 0.774 bits per heavy atom. The van der Waals surface area contributed by atoms with Crippen molar-refractivity contribution in [2.75, 3.05) is 32.8 Å². The predicted molar refractivity (Wildman–Crippen MR) is 114 cm³/mol. The molecule has 31 heavy (non-hydrogen) atoms. The van der Waals surface area contributed by atoms with Gasteiger partial charge in [-0.25, -0.2) is 0 Å². The number of hydrogen-bond donors (Lipinski definition) is 5. The molecule has 0 unspecified atom stereocenters.